The Morgan fingerprint density at radius 3 is 2.47 bits per heavy atom. The standard InChI is InChI=1S/C14H18N2O/c1-3-4-11-5-7-12(8-6-11)14-10(2)17-13(9-15)16-14/h5-8H,3-4,9,15H2,1-2H3. The van der Waals surface area contributed by atoms with E-state index in [1.54, 1.807) is 0 Å². The fourth-order valence-electron chi connectivity index (χ4n) is 1.92. The number of rotatable bonds is 4. The Labute approximate surface area is 102 Å². The first-order valence-corrected chi connectivity index (χ1v) is 6.00. The van der Waals surface area contributed by atoms with E-state index in [1.807, 2.05) is 6.92 Å². The molecule has 3 heteroatoms. The SMILES string of the molecule is CCCc1ccc(-c2nc(CN)oc2C)cc1. The van der Waals surface area contributed by atoms with Gasteiger partial charge in [-0.1, -0.05) is 37.6 Å². The van der Waals surface area contributed by atoms with Crippen molar-refractivity contribution in [2.75, 3.05) is 0 Å². The van der Waals surface area contributed by atoms with Crippen LogP contribution >= 0.6 is 0 Å². The van der Waals surface area contributed by atoms with Crippen LogP contribution in [0.3, 0.4) is 0 Å². The molecule has 0 aliphatic carbocycles. The van der Waals surface area contributed by atoms with Gasteiger partial charge in [0.05, 0.1) is 6.54 Å². The lowest BCUT2D eigenvalue weighted by Crippen LogP contribution is -1.95. The van der Waals surface area contributed by atoms with Gasteiger partial charge in [0.15, 0.2) is 0 Å². The molecule has 17 heavy (non-hydrogen) atoms. The third-order valence-corrected chi connectivity index (χ3v) is 2.78. The van der Waals surface area contributed by atoms with Crippen LogP contribution < -0.4 is 5.73 Å². The molecule has 90 valence electrons. The fraction of sp³-hybridized carbons (Fsp3) is 0.357. The van der Waals surface area contributed by atoms with Crippen LogP contribution in [0.2, 0.25) is 0 Å². The number of aryl methyl sites for hydroxylation is 2. The van der Waals surface area contributed by atoms with E-state index in [0.717, 1.165) is 23.4 Å². The molecule has 0 radical (unpaired) electrons. The molecule has 0 atom stereocenters. The molecule has 2 N–H and O–H groups in total. The monoisotopic (exact) mass is 230 g/mol. The summed E-state index contributed by atoms with van der Waals surface area (Å²) >= 11 is 0. The molecule has 2 aromatic rings. The van der Waals surface area contributed by atoms with Crippen molar-refractivity contribution in [2.24, 2.45) is 5.73 Å². The molecule has 0 aliphatic rings. The Morgan fingerprint density at radius 1 is 1.24 bits per heavy atom. The molecule has 0 aliphatic heterocycles. The van der Waals surface area contributed by atoms with Gasteiger partial charge >= 0.3 is 0 Å². The maximum Gasteiger partial charge on any atom is 0.208 e. The van der Waals surface area contributed by atoms with Gasteiger partial charge < -0.3 is 10.2 Å². The molecule has 1 aromatic carbocycles. The predicted molar refractivity (Wildman–Crippen MR) is 68.6 cm³/mol. The predicted octanol–water partition coefficient (Wildman–Crippen LogP) is 3.06. The summed E-state index contributed by atoms with van der Waals surface area (Å²) in [5.41, 5.74) is 8.86. The Morgan fingerprint density at radius 2 is 1.94 bits per heavy atom. The third-order valence-electron chi connectivity index (χ3n) is 2.78. The average Bonchev–Trinajstić information content (AvgIpc) is 2.72. The number of benzene rings is 1. The molecule has 0 fully saturated rings. The molecule has 1 aromatic heterocycles. The van der Waals surface area contributed by atoms with Crippen LogP contribution in [0.5, 0.6) is 0 Å². The highest BCUT2D eigenvalue weighted by molar-refractivity contribution is 5.61. The van der Waals surface area contributed by atoms with E-state index >= 15 is 0 Å². The quantitative estimate of drug-likeness (QED) is 0.878. The van der Waals surface area contributed by atoms with Crippen LogP contribution in [0.1, 0.15) is 30.6 Å². The molecule has 0 unspecified atom stereocenters. The van der Waals surface area contributed by atoms with Crippen molar-refractivity contribution in [3.63, 3.8) is 0 Å². The van der Waals surface area contributed by atoms with Crippen molar-refractivity contribution in [2.45, 2.75) is 33.2 Å². The summed E-state index contributed by atoms with van der Waals surface area (Å²) in [5.74, 6) is 1.42. The molecule has 1 heterocycles. The zero-order chi connectivity index (χ0) is 12.3. The highest BCUT2D eigenvalue weighted by atomic mass is 16.4. The zero-order valence-corrected chi connectivity index (χ0v) is 10.4. The molecular formula is C14H18N2O. The van der Waals surface area contributed by atoms with Crippen LogP contribution in [-0.4, -0.2) is 4.98 Å². The number of hydrogen-bond donors (Lipinski definition) is 1. The van der Waals surface area contributed by atoms with Crippen LogP contribution in [0.25, 0.3) is 11.3 Å². The van der Waals surface area contributed by atoms with Gasteiger partial charge in [0.2, 0.25) is 5.89 Å². The lowest BCUT2D eigenvalue weighted by atomic mass is 10.1. The Bertz CT molecular complexity index is 485. The second kappa shape index (κ2) is 5.15. The minimum Gasteiger partial charge on any atom is -0.444 e. The Balaban J connectivity index is 2.29. The van der Waals surface area contributed by atoms with E-state index in [9.17, 15) is 0 Å². The van der Waals surface area contributed by atoms with E-state index < -0.39 is 0 Å². The zero-order valence-electron chi connectivity index (χ0n) is 10.4. The summed E-state index contributed by atoms with van der Waals surface area (Å²) in [6.45, 7) is 4.44. The van der Waals surface area contributed by atoms with Crippen LogP contribution in [0.15, 0.2) is 28.7 Å². The van der Waals surface area contributed by atoms with E-state index in [1.165, 1.54) is 12.0 Å². The number of hydrogen-bond acceptors (Lipinski definition) is 3. The maximum atomic E-state index is 5.52. The van der Waals surface area contributed by atoms with Gasteiger partial charge in [-0.05, 0) is 18.9 Å². The first kappa shape index (κ1) is 11.9. The van der Waals surface area contributed by atoms with Crippen molar-refractivity contribution in [3.8, 4) is 11.3 Å². The van der Waals surface area contributed by atoms with Crippen molar-refractivity contribution >= 4 is 0 Å². The largest absolute Gasteiger partial charge is 0.444 e. The van der Waals surface area contributed by atoms with Gasteiger partial charge in [-0.15, -0.1) is 0 Å². The number of aromatic nitrogens is 1. The van der Waals surface area contributed by atoms with E-state index in [-0.39, 0.29) is 0 Å². The van der Waals surface area contributed by atoms with Gasteiger partial charge in [-0.3, -0.25) is 0 Å². The lowest BCUT2D eigenvalue weighted by molar-refractivity contribution is 0.474. The van der Waals surface area contributed by atoms with Gasteiger partial charge in [-0.25, -0.2) is 4.98 Å². The van der Waals surface area contributed by atoms with Crippen LogP contribution in [-0.2, 0) is 13.0 Å². The second-order valence-electron chi connectivity index (χ2n) is 4.16. The molecular weight excluding hydrogens is 212 g/mol. The van der Waals surface area contributed by atoms with Gasteiger partial charge in [0.1, 0.15) is 11.5 Å². The summed E-state index contributed by atoms with van der Waals surface area (Å²) < 4.78 is 5.46. The molecule has 0 bridgehead atoms. The van der Waals surface area contributed by atoms with Crippen LogP contribution in [0.4, 0.5) is 0 Å². The third kappa shape index (κ3) is 2.56. The summed E-state index contributed by atoms with van der Waals surface area (Å²) in [7, 11) is 0. The van der Waals surface area contributed by atoms with Crippen molar-refractivity contribution < 1.29 is 4.42 Å². The first-order chi connectivity index (χ1) is 8.24. The minimum absolute atomic E-state index is 0.342. The lowest BCUT2D eigenvalue weighted by Gasteiger charge is -2.01. The average molecular weight is 230 g/mol. The molecule has 0 amide bonds. The van der Waals surface area contributed by atoms with Crippen molar-refractivity contribution in [1.29, 1.82) is 0 Å². The van der Waals surface area contributed by atoms with E-state index in [2.05, 4.69) is 36.2 Å². The molecule has 2 rings (SSSR count). The molecule has 3 nitrogen and oxygen atoms in total. The first-order valence-electron chi connectivity index (χ1n) is 6.00. The molecule has 0 spiro atoms. The number of nitrogens with zero attached hydrogens (tertiary/aromatic N) is 1. The smallest absolute Gasteiger partial charge is 0.208 e. The highest BCUT2D eigenvalue weighted by Gasteiger charge is 2.10. The highest BCUT2D eigenvalue weighted by Crippen LogP contribution is 2.23. The van der Waals surface area contributed by atoms with Crippen molar-refractivity contribution in [1.82, 2.24) is 4.98 Å². The summed E-state index contributed by atoms with van der Waals surface area (Å²) in [6.07, 6.45) is 2.28. The number of nitrogens with two attached hydrogens (primary N) is 1. The molecule has 0 saturated heterocycles. The minimum atomic E-state index is 0.342. The maximum absolute atomic E-state index is 5.52. The summed E-state index contributed by atoms with van der Waals surface area (Å²) in [6, 6.07) is 8.48. The van der Waals surface area contributed by atoms with E-state index in [4.69, 9.17) is 10.2 Å². The Kier molecular flexibility index (Phi) is 3.59. The van der Waals surface area contributed by atoms with Gasteiger partial charge in [0.25, 0.3) is 0 Å². The van der Waals surface area contributed by atoms with Crippen molar-refractivity contribution in [3.05, 3.63) is 41.5 Å². The summed E-state index contributed by atoms with van der Waals surface area (Å²) in [4.78, 5) is 4.38. The van der Waals surface area contributed by atoms with Gasteiger partial charge in [-0.2, -0.15) is 0 Å². The fourth-order valence-corrected chi connectivity index (χ4v) is 1.92. The molecule has 0 saturated carbocycles. The normalized spacial score (nSPS) is 10.8. The number of oxazole rings is 1. The Hall–Kier alpha value is -1.61. The van der Waals surface area contributed by atoms with Gasteiger partial charge in [0, 0.05) is 5.56 Å². The second-order valence-corrected chi connectivity index (χ2v) is 4.16. The van der Waals surface area contributed by atoms with E-state index in [0.29, 0.717) is 12.4 Å². The topological polar surface area (TPSA) is 52.0 Å². The van der Waals surface area contributed by atoms with Crippen LogP contribution in [0, 0.1) is 6.92 Å². The summed E-state index contributed by atoms with van der Waals surface area (Å²) in [5, 5.41) is 0.